The van der Waals surface area contributed by atoms with Gasteiger partial charge in [0.15, 0.2) is 5.82 Å². The van der Waals surface area contributed by atoms with Crippen molar-refractivity contribution in [3.8, 4) is 11.5 Å². The lowest BCUT2D eigenvalue weighted by molar-refractivity contribution is 0.197. The number of pyridine rings is 1. The number of nitrogens with zero attached hydrogens (tertiary/aromatic N) is 3. The summed E-state index contributed by atoms with van der Waals surface area (Å²) >= 11 is 3.33. The molecule has 0 aromatic carbocycles. The summed E-state index contributed by atoms with van der Waals surface area (Å²) in [6.07, 6.45) is 2.80. The van der Waals surface area contributed by atoms with Gasteiger partial charge in [-0.3, -0.25) is 4.98 Å². The summed E-state index contributed by atoms with van der Waals surface area (Å²) in [6, 6.07) is 3.74. The molecule has 0 aliphatic heterocycles. The molecule has 0 saturated carbocycles. The monoisotopic (exact) mass is 293 g/mol. The number of aromatic nitrogens is 3. The summed E-state index contributed by atoms with van der Waals surface area (Å²) in [4.78, 5) is 12.8. The highest BCUT2D eigenvalue weighted by molar-refractivity contribution is 9.10. The molecule has 1 atom stereocenters. The molecule has 2 aromatic heterocycles. The Hall–Kier alpha value is -1.33. The molecule has 0 aliphatic carbocycles. The van der Waals surface area contributed by atoms with Crippen molar-refractivity contribution in [2.45, 2.75) is 20.0 Å². The summed E-state index contributed by atoms with van der Waals surface area (Å²) in [5, 5.41) is 9.50. The van der Waals surface area contributed by atoms with Crippen LogP contribution >= 0.6 is 15.9 Å². The van der Waals surface area contributed by atoms with E-state index in [1.165, 1.54) is 0 Å². The lowest BCUT2D eigenvalue weighted by Crippen LogP contribution is -2.01. The predicted octanol–water partition coefficient (Wildman–Crippen LogP) is 2.66. The van der Waals surface area contributed by atoms with E-state index in [0.717, 1.165) is 15.7 Å². The molecule has 0 amide bonds. The predicted molar refractivity (Wildman–Crippen MR) is 68.3 cm³/mol. The summed E-state index contributed by atoms with van der Waals surface area (Å²) in [5.41, 5.74) is 2.23. The van der Waals surface area contributed by atoms with Gasteiger partial charge in [-0.1, -0.05) is 0 Å². The third kappa shape index (κ3) is 2.68. The van der Waals surface area contributed by atoms with Crippen LogP contribution in [0.3, 0.4) is 0 Å². The van der Waals surface area contributed by atoms with E-state index in [-0.39, 0.29) is 0 Å². The Bertz CT molecular complexity index is 526. The number of hydrogen-bond acceptors (Lipinski definition) is 4. The van der Waals surface area contributed by atoms with Gasteiger partial charge in [-0.15, -0.1) is 0 Å². The highest BCUT2D eigenvalue weighted by Gasteiger charge is 2.09. The molecule has 0 saturated heterocycles. The number of rotatable bonds is 2. The summed E-state index contributed by atoms with van der Waals surface area (Å²) in [7, 11) is 0. The molecule has 1 N–H and O–H groups in total. The second-order valence-corrected chi connectivity index (χ2v) is 4.69. The van der Waals surface area contributed by atoms with E-state index in [2.05, 4.69) is 30.9 Å². The highest BCUT2D eigenvalue weighted by atomic mass is 79.9. The summed E-state index contributed by atoms with van der Waals surface area (Å²) in [5.74, 6) is 0.569. The van der Waals surface area contributed by atoms with Crippen molar-refractivity contribution in [1.29, 1.82) is 0 Å². The molecule has 0 aliphatic rings. The van der Waals surface area contributed by atoms with Gasteiger partial charge >= 0.3 is 0 Å². The zero-order valence-electron chi connectivity index (χ0n) is 9.55. The second kappa shape index (κ2) is 4.89. The van der Waals surface area contributed by atoms with Crippen molar-refractivity contribution < 1.29 is 5.11 Å². The van der Waals surface area contributed by atoms with Crippen LogP contribution in [0.4, 0.5) is 0 Å². The first-order chi connectivity index (χ1) is 8.08. The topological polar surface area (TPSA) is 58.9 Å². The zero-order chi connectivity index (χ0) is 12.4. The minimum absolute atomic E-state index is 0.554. The van der Waals surface area contributed by atoms with E-state index >= 15 is 0 Å². The Balaban J connectivity index is 2.41. The summed E-state index contributed by atoms with van der Waals surface area (Å²) in [6.45, 7) is 3.55. The molecule has 17 heavy (non-hydrogen) atoms. The molecular formula is C12H12BrN3O. The van der Waals surface area contributed by atoms with Crippen LogP contribution in [0.1, 0.15) is 24.3 Å². The number of aliphatic hydroxyl groups is 1. The Kier molecular flexibility index (Phi) is 3.49. The van der Waals surface area contributed by atoms with Gasteiger partial charge in [0, 0.05) is 28.1 Å². The van der Waals surface area contributed by atoms with Gasteiger partial charge in [-0.25, -0.2) is 9.97 Å². The first kappa shape index (κ1) is 12.1. The molecule has 88 valence electrons. The quantitative estimate of drug-likeness (QED) is 0.925. The third-order valence-corrected chi connectivity index (χ3v) is 2.89. The number of aliphatic hydroxyl groups excluding tert-OH is 1. The minimum Gasteiger partial charge on any atom is -0.389 e. The minimum atomic E-state index is -0.554. The van der Waals surface area contributed by atoms with Crippen LogP contribution < -0.4 is 0 Å². The van der Waals surface area contributed by atoms with Gasteiger partial charge in [-0.2, -0.15) is 0 Å². The Morgan fingerprint density at radius 3 is 2.53 bits per heavy atom. The van der Waals surface area contributed by atoms with Crippen molar-refractivity contribution in [1.82, 2.24) is 15.0 Å². The van der Waals surface area contributed by atoms with Gasteiger partial charge < -0.3 is 5.11 Å². The van der Waals surface area contributed by atoms with E-state index in [9.17, 15) is 5.11 Å². The fourth-order valence-electron chi connectivity index (χ4n) is 1.52. The Labute approximate surface area is 108 Å². The number of aryl methyl sites for hydroxylation is 1. The van der Waals surface area contributed by atoms with Crippen molar-refractivity contribution in [2.24, 2.45) is 0 Å². The maximum absolute atomic E-state index is 9.50. The van der Waals surface area contributed by atoms with Gasteiger partial charge in [0.25, 0.3) is 0 Å². The first-order valence-electron chi connectivity index (χ1n) is 5.21. The van der Waals surface area contributed by atoms with Crippen LogP contribution in [0, 0.1) is 6.92 Å². The molecule has 2 aromatic rings. The normalized spacial score (nSPS) is 12.5. The average Bonchev–Trinajstić information content (AvgIpc) is 2.29. The van der Waals surface area contributed by atoms with Crippen LogP contribution in [0.2, 0.25) is 0 Å². The molecule has 5 heteroatoms. The Morgan fingerprint density at radius 2 is 2.00 bits per heavy atom. The van der Waals surface area contributed by atoms with Crippen LogP contribution in [0.25, 0.3) is 11.5 Å². The second-order valence-electron chi connectivity index (χ2n) is 3.77. The molecule has 0 spiro atoms. The smallest absolute Gasteiger partial charge is 0.178 e. The average molecular weight is 294 g/mol. The van der Waals surface area contributed by atoms with E-state index in [0.29, 0.717) is 11.5 Å². The molecule has 4 nitrogen and oxygen atoms in total. The zero-order valence-corrected chi connectivity index (χ0v) is 11.1. The van der Waals surface area contributed by atoms with Crippen LogP contribution in [0.5, 0.6) is 0 Å². The molecule has 0 radical (unpaired) electrons. The molecule has 2 rings (SSSR count). The van der Waals surface area contributed by atoms with Crippen molar-refractivity contribution in [2.75, 3.05) is 0 Å². The van der Waals surface area contributed by atoms with Crippen molar-refractivity contribution >= 4 is 15.9 Å². The molecule has 2 heterocycles. The largest absolute Gasteiger partial charge is 0.389 e. The van der Waals surface area contributed by atoms with Gasteiger partial charge in [0.1, 0.15) is 5.69 Å². The first-order valence-corrected chi connectivity index (χ1v) is 6.01. The number of halogens is 1. The Morgan fingerprint density at radius 1 is 1.24 bits per heavy atom. The molecule has 0 bridgehead atoms. The van der Waals surface area contributed by atoms with Crippen molar-refractivity contribution in [3.63, 3.8) is 0 Å². The third-order valence-electron chi connectivity index (χ3n) is 2.42. The maximum atomic E-state index is 9.50. The van der Waals surface area contributed by atoms with E-state index in [1.807, 2.05) is 19.1 Å². The van der Waals surface area contributed by atoms with E-state index in [1.54, 1.807) is 19.3 Å². The van der Waals surface area contributed by atoms with Crippen LogP contribution in [0.15, 0.2) is 29.0 Å². The molecule has 0 unspecified atom stereocenters. The van der Waals surface area contributed by atoms with E-state index in [4.69, 9.17) is 0 Å². The fourth-order valence-corrected chi connectivity index (χ4v) is 1.75. The molecular weight excluding hydrogens is 282 g/mol. The lowest BCUT2D eigenvalue weighted by Gasteiger charge is -2.08. The van der Waals surface area contributed by atoms with Gasteiger partial charge in [-0.05, 0) is 41.9 Å². The lowest BCUT2D eigenvalue weighted by atomic mass is 10.1. The number of hydrogen-bond donors (Lipinski definition) is 1. The molecule has 0 fully saturated rings. The van der Waals surface area contributed by atoms with Gasteiger partial charge in [0.2, 0.25) is 0 Å². The maximum Gasteiger partial charge on any atom is 0.178 e. The van der Waals surface area contributed by atoms with Crippen LogP contribution in [-0.4, -0.2) is 20.1 Å². The van der Waals surface area contributed by atoms with Crippen LogP contribution in [-0.2, 0) is 0 Å². The van der Waals surface area contributed by atoms with Gasteiger partial charge in [0.05, 0.1) is 6.10 Å². The van der Waals surface area contributed by atoms with E-state index < -0.39 is 6.10 Å². The van der Waals surface area contributed by atoms with Crippen molar-refractivity contribution in [3.05, 3.63) is 40.3 Å². The standard InChI is InChI=1S/C12H12BrN3O/c1-7-10(8(2)17)6-15-12(16-7)11-4-3-9(13)5-14-11/h3-6,8,17H,1-2H3/t8-/m1/s1. The SMILES string of the molecule is Cc1nc(-c2ccc(Br)cn2)ncc1[C@@H](C)O. The fraction of sp³-hybridized carbons (Fsp3) is 0.250. The summed E-state index contributed by atoms with van der Waals surface area (Å²) < 4.78 is 0.915. The highest BCUT2D eigenvalue weighted by Crippen LogP contribution is 2.19.